The van der Waals surface area contributed by atoms with E-state index < -0.39 is 17.5 Å². The van der Waals surface area contributed by atoms with Crippen molar-refractivity contribution < 1.29 is 18.3 Å². The molecule has 0 aliphatic heterocycles. The molecule has 1 aromatic carbocycles. The van der Waals surface area contributed by atoms with E-state index in [4.69, 9.17) is 5.11 Å². The van der Waals surface area contributed by atoms with E-state index in [0.717, 1.165) is 6.07 Å². The van der Waals surface area contributed by atoms with Crippen molar-refractivity contribution in [3.63, 3.8) is 0 Å². The number of benzene rings is 1. The van der Waals surface area contributed by atoms with Crippen LogP contribution in [0, 0.1) is 6.92 Å². The Hall–Kier alpha value is -0.710. The first-order chi connectivity index (χ1) is 6.82. The lowest BCUT2D eigenvalue weighted by molar-refractivity contribution is -0.137. The molecule has 0 aliphatic carbocycles. The van der Waals surface area contributed by atoms with E-state index >= 15 is 0 Å². The third-order valence-electron chi connectivity index (χ3n) is 1.56. The first-order valence-corrected chi connectivity index (χ1v) is 5.18. The number of halogens is 4. The van der Waals surface area contributed by atoms with E-state index in [2.05, 4.69) is 15.9 Å². The van der Waals surface area contributed by atoms with Gasteiger partial charge in [0.25, 0.3) is 0 Å². The Balaban J connectivity index is 0.000000921. The fraction of sp³-hybridized carbons (Fsp3) is 0.400. The molecule has 15 heavy (non-hydrogen) atoms. The second-order valence-electron chi connectivity index (χ2n) is 2.62. The maximum atomic E-state index is 12.2. The van der Waals surface area contributed by atoms with E-state index in [1.54, 1.807) is 0 Å². The molecule has 0 aromatic heterocycles. The Morgan fingerprint density at radius 3 is 2.00 bits per heavy atom. The normalized spacial score (nSPS) is 10.6. The van der Waals surface area contributed by atoms with Gasteiger partial charge in [-0.2, -0.15) is 13.2 Å². The van der Waals surface area contributed by atoms with Crippen LogP contribution < -0.4 is 0 Å². The summed E-state index contributed by atoms with van der Waals surface area (Å²) in [6.45, 7) is 5.49. The second kappa shape index (κ2) is 5.39. The van der Waals surface area contributed by atoms with Gasteiger partial charge in [-0.1, -0.05) is 13.8 Å². The highest BCUT2D eigenvalue weighted by molar-refractivity contribution is 9.10. The average molecular weight is 285 g/mol. The lowest BCUT2D eigenvalue weighted by Crippen LogP contribution is -2.05. The summed E-state index contributed by atoms with van der Waals surface area (Å²) < 4.78 is 36.8. The van der Waals surface area contributed by atoms with Crippen LogP contribution in [-0.4, -0.2) is 5.11 Å². The number of aromatic hydroxyl groups is 1. The zero-order valence-electron chi connectivity index (χ0n) is 8.61. The predicted molar refractivity (Wildman–Crippen MR) is 56.9 cm³/mol. The molecule has 1 rings (SSSR count). The molecule has 0 fully saturated rings. The summed E-state index contributed by atoms with van der Waals surface area (Å²) in [7, 11) is 0. The van der Waals surface area contributed by atoms with Gasteiger partial charge in [0.1, 0.15) is 5.75 Å². The first-order valence-electron chi connectivity index (χ1n) is 4.38. The van der Waals surface area contributed by atoms with Gasteiger partial charge in [-0.25, -0.2) is 0 Å². The van der Waals surface area contributed by atoms with Crippen LogP contribution in [-0.2, 0) is 6.18 Å². The number of hydrogen-bond acceptors (Lipinski definition) is 1. The molecule has 1 N–H and O–H groups in total. The highest BCUT2D eigenvalue weighted by Gasteiger charge is 2.31. The monoisotopic (exact) mass is 284 g/mol. The minimum atomic E-state index is -4.41. The van der Waals surface area contributed by atoms with Crippen molar-refractivity contribution in [1.82, 2.24) is 0 Å². The lowest BCUT2D eigenvalue weighted by Gasteiger charge is -2.09. The van der Waals surface area contributed by atoms with Gasteiger partial charge in [-0.3, -0.25) is 0 Å². The zero-order valence-corrected chi connectivity index (χ0v) is 10.2. The number of hydrogen-bond donors (Lipinski definition) is 1. The maximum absolute atomic E-state index is 12.2. The molecule has 0 saturated carbocycles. The summed E-state index contributed by atoms with van der Waals surface area (Å²) in [5, 5.41) is 9.10. The first kappa shape index (κ1) is 14.3. The minimum Gasteiger partial charge on any atom is -0.507 e. The molecule has 0 spiro atoms. The van der Waals surface area contributed by atoms with Crippen molar-refractivity contribution in [1.29, 1.82) is 0 Å². The smallest absolute Gasteiger partial charge is 0.416 e. The molecule has 0 bridgehead atoms. The van der Waals surface area contributed by atoms with Gasteiger partial charge in [0.05, 0.1) is 10.0 Å². The van der Waals surface area contributed by atoms with Crippen molar-refractivity contribution in [3.8, 4) is 5.75 Å². The van der Waals surface area contributed by atoms with Crippen LogP contribution in [0.15, 0.2) is 16.6 Å². The van der Waals surface area contributed by atoms with Crippen LogP contribution in [0.3, 0.4) is 0 Å². The molecule has 1 nitrogen and oxygen atoms in total. The summed E-state index contributed by atoms with van der Waals surface area (Å²) in [5.74, 6) is -0.396. The standard InChI is InChI=1S/C8H6BrF3O.C2H6/c1-4-2-5(8(10,11)12)3-6(13)7(4)9;1-2/h2-3,13H,1H3;1-2H3. The van der Waals surface area contributed by atoms with Gasteiger partial charge in [-0.05, 0) is 40.5 Å². The van der Waals surface area contributed by atoms with Gasteiger partial charge < -0.3 is 5.11 Å². The SMILES string of the molecule is CC.Cc1cc(C(F)(F)F)cc(O)c1Br. The van der Waals surface area contributed by atoms with Crippen molar-refractivity contribution in [2.45, 2.75) is 26.9 Å². The summed E-state index contributed by atoms with van der Waals surface area (Å²) in [6.07, 6.45) is -4.41. The second-order valence-corrected chi connectivity index (χ2v) is 3.42. The molecular weight excluding hydrogens is 273 g/mol. The summed E-state index contributed by atoms with van der Waals surface area (Å²) in [6, 6.07) is 1.67. The summed E-state index contributed by atoms with van der Waals surface area (Å²) in [5.41, 5.74) is -0.488. The molecule has 0 aliphatic rings. The largest absolute Gasteiger partial charge is 0.507 e. The Morgan fingerprint density at radius 1 is 1.20 bits per heavy atom. The van der Waals surface area contributed by atoms with Gasteiger partial charge in [0.2, 0.25) is 0 Å². The van der Waals surface area contributed by atoms with Crippen molar-refractivity contribution in [2.24, 2.45) is 0 Å². The number of alkyl halides is 3. The predicted octanol–water partition coefficient (Wildman–Crippen LogP) is 4.51. The van der Waals surface area contributed by atoms with Crippen LogP contribution >= 0.6 is 15.9 Å². The zero-order chi connectivity index (χ0) is 12.2. The Morgan fingerprint density at radius 2 is 1.67 bits per heavy atom. The quantitative estimate of drug-likeness (QED) is 0.743. The van der Waals surface area contributed by atoms with Crippen LogP contribution in [0.25, 0.3) is 0 Å². The van der Waals surface area contributed by atoms with Gasteiger partial charge >= 0.3 is 6.18 Å². The van der Waals surface area contributed by atoms with Crippen LogP contribution in [0.4, 0.5) is 13.2 Å². The number of phenolic OH excluding ortho intramolecular Hbond substituents is 1. The van der Waals surface area contributed by atoms with E-state index in [-0.39, 0.29) is 0 Å². The molecular formula is C10H12BrF3O. The molecule has 0 heterocycles. The topological polar surface area (TPSA) is 20.2 Å². The molecule has 1 aromatic rings. The van der Waals surface area contributed by atoms with Gasteiger partial charge in [-0.15, -0.1) is 0 Å². The fourth-order valence-electron chi connectivity index (χ4n) is 0.915. The van der Waals surface area contributed by atoms with E-state index in [9.17, 15) is 13.2 Å². The molecule has 0 radical (unpaired) electrons. The number of aryl methyl sites for hydroxylation is 1. The minimum absolute atomic E-state index is 0.292. The summed E-state index contributed by atoms with van der Waals surface area (Å²) in [4.78, 5) is 0. The van der Waals surface area contributed by atoms with Crippen LogP contribution in [0.2, 0.25) is 0 Å². The maximum Gasteiger partial charge on any atom is 0.416 e. The Labute approximate surface area is 95.1 Å². The summed E-state index contributed by atoms with van der Waals surface area (Å²) >= 11 is 2.96. The lowest BCUT2D eigenvalue weighted by atomic mass is 10.1. The Bertz CT molecular complexity index is 311. The van der Waals surface area contributed by atoms with Crippen molar-refractivity contribution in [3.05, 3.63) is 27.7 Å². The molecule has 5 heteroatoms. The molecule has 0 saturated heterocycles. The molecule has 0 amide bonds. The fourth-order valence-corrected chi connectivity index (χ4v) is 1.14. The average Bonchev–Trinajstić information content (AvgIpc) is 2.15. The molecule has 0 unspecified atom stereocenters. The third-order valence-corrected chi connectivity index (χ3v) is 2.59. The van der Waals surface area contributed by atoms with E-state index in [0.29, 0.717) is 16.1 Å². The van der Waals surface area contributed by atoms with Crippen molar-refractivity contribution >= 4 is 15.9 Å². The molecule has 0 atom stereocenters. The van der Waals surface area contributed by atoms with Gasteiger partial charge in [0.15, 0.2) is 0 Å². The van der Waals surface area contributed by atoms with Crippen molar-refractivity contribution in [2.75, 3.05) is 0 Å². The van der Waals surface area contributed by atoms with Gasteiger partial charge in [0, 0.05) is 0 Å². The van der Waals surface area contributed by atoms with E-state index in [1.807, 2.05) is 13.8 Å². The molecule has 86 valence electrons. The third kappa shape index (κ3) is 3.74. The number of rotatable bonds is 0. The highest BCUT2D eigenvalue weighted by atomic mass is 79.9. The number of phenols is 1. The van der Waals surface area contributed by atoms with E-state index in [1.165, 1.54) is 6.92 Å². The van der Waals surface area contributed by atoms with Crippen LogP contribution in [0.5, 0.6) is 5.75 Å². The Kier molecular flexibility index (Phi) is 5.14. The highest BCUT2D eigenvalue weighted by Crippen LogP contribution is 2.36. The van der Waals surface area contributed by atoms with Crippen LogP contribution in [0.1, 0.15) is 25.0 Å².